The van der Waals surface area contributed by atoms with Crippen molar-refractivity contribution in [1.82, 2.24) is 10.9 Å². The van der Waals surface area contributed by atoms with Crippen molar-refractivity contribution in [1.29, 1.82) is 0 Å². The van der Waals surface area contributed by atoms with Crippen molar-refractivity contribution in [3.05, 3.63) is 107 Å². The zero-order chi connectivity index (χ0) is 25.6. The molecule has 3 rings (SSSR count). The Bertz CT molecular complexity index is 1200. The fourth-order valence-electron chi connectivity index (χ4n) is 3.32. The SMILES string of the molecule is COc1ccc(/C(O)=C\C(=O)C(=O)NNC(=O)C(O)(c2ccc(C)cc2)c2ccc(C)cc2)cc1. The predicted molar refractivity (Wildman–Crippen MR) is 130 cm³/mol. The number of carbonyl (C=O) groups is 3. The second-order valence-corrected chi connectivity index (χ2v) is 7.97. The number of amides is 2. The number of methoxy groups -OCH3 is 1. The van der Waals surface area contributed by atoms with Crippen LogP contribution < -0.4 is 15.6 Å². The monoisotopic (exact) mass is 474 g/mol. The molecule has 0 radical (unpaired) electrons. The molecule has 0 aliphatic rings. The number of benzene rings is 3. The molecule has 0 heterocycles. The molecule has 0 aromatic heterocycles. The maximum Gasteiger partial charge on any atom is 0.310 e. The van der Waals surface area contributed by atoms with E-state index < -0.39 is 29.0 Å². The van der Waals surface area contributed by atoms with E-state index in [0.717, 1.165) is 17.2 Å². The highest BCUT2D eigenvalue weighted by Gasteiger charge is 2.40. The van der Waals surface area contributed by atoms with Crippen LogP contribution >= 0.6 is 0 Å². The molecular formula is C27H26N2O6. The van der Waals surface area contributed by atoms with E-state index in [1.54, 1.807) is 60.7 Å². The van der Waals surface area contributed by atoms with Gasteiger partial charge in [0.05, 0.1) is 7.11 Å². The van der Waals surface area contributed by atoms with Crippen molar-refractivity contribution >= 4 is 23.4 Å². The number of hydrogen-bond acceptors (Lipinski definition) is 6. The van der Waals surface area contributed by atoms with Gasteiger partial charge in [0.15, 0.2) is 5.60 Å². The zero-order valence-electron chi connectivity index (χ0n) is 19.5. The number of nitrogens with one attached hydrogen (secondary N) is 2. The number of ether oxygens (including phenoxy) is 1. The summed E-state index contributed by atoms with van der Waals surface area (Å²) in [6.07, 6.45) is 0.732. The first-order valence-electron chi connectivity index (χ1n) is 10.7. The number of rotatable bonds is 7. The van der Waals surface area contributed by atoms with Crippen molar-refractivity contribution < 1.29 is 29.3 Å². The third-order valence-electron chi connectivity index (χ3n) is 5.43. The van der Waals surface area contributed by atoms with Crippen LogP contribution in [0.4, 0.5) is 0 Å². The third kappa shape index (κ3) is 5.74. The minimum Gasteiger partial charge on any atom is -0.507 e. The van der Waals surface area contributed by atoms with Gasteiger partial charge in [-0.1, -0.05) is 59.7 Å². The molecular weight excluding hydrogens is 448 g/mol. The third-order valence-corrected chi connectivity index (χ3v) is 5.43. The Morgan fingerprint density at radius 1 is 0.800 bits per heavy atom. The summed E-state index contributed by atoms with van der Waals surface area (Å²) < 4.78 is 5.03. The molecule has 0 unspecified atom stereocenters. The molecule has 4 N–H and O–H groups in total. The summed E-state index contributed by atoms with van der Waals surface area (Å²) in [5.41, 5.74) is 4.70. The molecule has 2 amide bonds. The Morgan fingerprint density at radius 3 is 1.74 bits per heavy atom. The van der Waals surface area contributed by atoms with Gasteiger partial charge in [-0.15, -0.1) is 0 Å². The van der Waals surface area contributed by atoms with E-state index >= 15 is 0 Å². The van der Waals surface area contributed by atoms with E-state index in [1.165, 1.54) is 19.2 Å². The van der Waals surface area contributed by atoms with E-state index in [4.69, 9.17) is 4.74 Å². The smallest absolute Gasteiger partial charge is 0.310 e. The van der Waals surface area contributed by atoms with Crippen molar-refractivity contribution in [3.63, 3.8) is 0 Å². The zero-order valence-corrected chi connectivity index (χ0v) is 19.5. The molecule has 0 aliphatic carbocycles. The fourth-order valence-corrected chi connectivity index (χ4v) is 3.32. The summed E-state index contributed by atoms with van der Waals surface area (Å²) >= 11 is 0. The van der Waals surface area contributed by atoms with Gasteiger partial charge in [-0.25, -0.2) is 0 Å². The highest BCUT2D eigenvalue weighted by molar-refractivity contribution is 6.41. The Hall–Kier alpha value is -4.43. The van der Waals surface area contributed by atoms with E-state index in [9.17, 15) is 24.6 Å². The van der Waals surface area contributed by atoms with Crippen molar-refractivity contribution in [2.75, 3.05) is 7.11 Å². The number of hydrazine groups is 1. The molecule has 0 bridgehead atoms. The first-order valence-corrected chi connectivity index (χ1v) is 10.7. The van der Waals surface area contributed by atoms with Gasteiger partial charge in [-0.2, -0.15) is 0 Å². The highest BCUT2D eigenvalue weighted by atomic mass is 16.5. The standard InChI is InChI=1S/C27H26N2O6/c1-17-4-10-20(11-5-17)27(34,21-12-6-18(2)7-13-21)26(33)29-28-25(32)24(31)16-23(30)19-8-14-22(35-3)15-9-19/h4-16,30,34H,1-3H3,(H,28,32)(H,29,33)/b23-16+. The summed E-state index contributed by atoms with van der Waals surface area (Å²) in [6.45, 7) is 3.74. The van der Waals surface area contributed by atoms with Crippen molar-refractivity contribution in [2.24, 2.45) is 0 Å². The Kier molecular flexibility index (Phi) is 7.68. The number of ketones is 1. The van der Waals surface area contributed by atoms with E-state index in [-0.39, 0.29) is 11.1 Å². The highest BCUT2D eigenvalue weighted by Crippen LogP contribution is 2.30. The lowest BCUT2D eigenvalue weighted by molar-refractivity contribution is -0.142. The van der Waals surface area contributed by atoms with Gasteiger partial charge >= 0.3 is 5.91 Å². The summed E-state index contributed by atoms with van der Waals surface area (Å²) in [4.78, 5) is 37.6. The molecule has 0 aliphatic heterocycles. The summed E-state index contributed by atoms with van der Waals surface area (Å²) in [7, 11) is 1.49. The van der Waals surface area contributed by atoms with Gasteiger partial charge < -0.3 is 14.9 Å². The topological polar surface area (TPSA) is 125 Å². The molecule has 0 spiro atoms. The van der Waals surface area contributed by atoms with Gasteiger partial charge in [0.1, 0.15) is 11.5 Å². The van der Waals surface area contributed by atoms with E-state index in [1.807, 2.05) is 19.3 Å². The normalized spacial score (nSPS) is 11.5. The molecule has 8 nitrogen and oxygen atoms in total. The summed E-state index contributed by atoms with van der Waals surface area (Å²) in [5, 5.41) is 21.6. The van der Waals surface area contributed by atoms with Gasteiger partial charge in [-0.05, 0) is 49.2 Å². The number of carbonyl (C=O) groups excluding carboxylic acids is 3. The first kappa shape index (κ1) is 25.2. The number of hydrogen-bond donors (Lipinski definition) is 4. The molecule has 8 heteroatoms. The lowest BCUT2D eigenvalue weighted by Crippen LogP contribution is -2.53. The number of aliphatic hydroxyl groups excluding tert-OH is 1. The van der Waals surface area contributed by atoms with Crippen LogP contribution in [0.5, 0.6) is 5.75 Å². The lowest BCUT2D eigenvalue weighted by atomic mass is 9.85. The van der Waals surface area contributed by atoms with Gasteiger partial charge in [0, 0.05) is 11.6 Å². The average molecular weight is 475 g/mol. The molecule has 0 fully saturated rings. The van der Waals surface area contributed by atoms with E-state index in [0.29, 0.717) is 11.3 Å². The van der Waals surface area contributed by atoms with Gasteiger partial charge in [-0.3, -0.25) is 25.2 Å². The summed E-state index contributed by atoms with van der Waals surface area (Å²) in [6, 6.07) is 19.6. The maximum absolute atomic E-state index is 13.1. The summed E-state index contributed by atoms with van der Waals surface area (Å²) in [5.74, 6) is -3.14. The van der Waals surface area contributed by atoms with Crippen LogP contribution in [0.2, 0.25) is 0 Å². The maximum atomic E-state index is 13.1. The molecule has 0 saturated carbocycles. The van der Waals surface area contributed by atoms with Crippen LogP contribution in [-0.4, -0.2) is 34.9 Å². The van der Waals surface area contributed by atoms with Gasteiger partial charge in [0.2, 0.25) is 5.78 Å². The van der Waals surface area contributed by atoms with Crippen LogP contribution in [0.3, 0.4) is 0 Å². The van der Waals surface area contributed by atoms with E-state index in [2.05, 4.69) is 5.43 Å². The minimum absolute atomic E-state index is 0.280. The van der Waals surface area contributed by atoms with Gasteiger partial charge in [0.25, 0.3) is 5.91 Å². The Balaban J connectivity index is 1.77. The first-order chi connectivity index (χ1) is 16.6. The lowest BCUT2D eigenvalue weighted by Gasteiger charge is -2.28. The van der Waals surface area contributed by atoms with Crippen LogP contribution in [0, 0.1) is 13.8 Å². The second kappa shape index (κ2) is 10.7. The average Bonchev–Trinajstić information content (AvgIpc) is 2.87. The fraction of sp³-hybridized carbons (Fsp3) is 0.148. The predicted octanol–water partition coefficient (Wildman–Crippen LogP) is 2.86. The van der Waals surface area contributed by atoms with Crippen LogP contribution in [0.15, 0.2) is 78.9 Å². The molecule has 3 aromatic rings. The largest absolute Gasteiger partial charge is 0.507 e. The molecule has 0 saturated heterocycles. The molecule has 35 heavy (non-hydrogen) atoms. The molecule has 180 valence electrons. The number of aliphatic hydroxyl groups is 2. The number of aryl methyl sites for hydroxylation is 2. The second-order valence-electron chi connectivity index (χ2n) is 7.97. The van der Waals surface area contributed by atoms with Crippen molar-refractivity contribution in [3.8, 4) is 5.75 Å². The minimum atomic E-state index is -2.14. The van der Waals surface area contributed by atoms with Crippen LogP contribution in [-0.2, 0) is 20.0 Å². The molecule has 3 aromatic carbocycles. The Morgan fingerprint density at radius 2 is 1.29 bits per heavy atom. The quantitative estimate of drug-likeness (QED) is 0.181. The van der Waals surface area contributed by atoms with Crippen LogP contribution in [0.25, 0.3) is 5.76 Å². The Labute approximate surface area is 202 Å². The molecule has 0 atom stereocenters. The van der Waals surface area contributed by atoms with Crippen LogP contribution in [0.1, 0.15) is 27.8 Å². The van der Waals surface area contributed by atoms with Crippen molar-refractivity contribution in [2.45, 2.75) is 19.4 Å².